The minimum Gasteiger partial charge on any atom is -0.387 e. The maximum atomic E-state index is 10.1. The van der Waals surface area contributed by atoms with Crippen LogP contribution < -0.4 is 0 Å². The number of hydrogen-bond donors (Lipinski definition) is 1. The minimum absolute atomic E-state index is 0.285. The molecular formula is C11H17NOS. The van der Waals surface area contributed by atoms with Crippen LogP contribution in [0.25, 0.3) is 0 Å². The first kappa shape index (κ1) is 10.1. The molecule has 1 fully saturated rings. The van der Waals surface area contributed by atoms with E-state index in [0.29, 0.717) is 17.3 Å². The van der Waals surface area contributed by atoms with E-state index in [2.05, 4.69) is 25.8 Å². The van der Waals surface area contributed by atoms with E-state index < -0.39 is 0 Å². The van der Waals surface area contributed by atoms with Crippen molar-refractivity contribution in [3.8, 4) is 0 Å². The summed E-state index contributed by atoms with van der Waals surface area (Å²) in [6.07, 6.45) is 2.65. The Morgan fingerprint density at radius 2 is 2.29 bits per heavy atom. The van der Waals surface area contributed by atoms with Crippen LogP contribution in [0.2, 0.25) is 0 Å². The summed E-state index contributed by atoms with van der Waals surface area (Å²) in [5.41, 5.74) is 2.11. The molecule has 0 saturated heterocycles. The first-order valence-corrected chi connectivity index (χ1v) is 5.94. The van der Waals surface area contributed by atoms with Gasteiger partial charge in [0.15, 0.2) is 0 Å². The lowest BCUT2D eigenvalue weighted by Crippen LogP contribution is -2.12. The summed E-state index contributed by atoms with van der Waals surface area (Å²) >= 11 is 1.55. The maximum absolute atomic E-state index is 10.1. The second kappa shape index (κ2) is 3.31. The third-order valence-corrected chi connectivity index (χ3v) is 3.95. The van der Waals surface area contributed by atoms with Gasteiger partial charge in [-0.25, -0.2) is 0 Å². The predicted octanol–water partition coefficient (Wildman–Crippen LogP) is 2.86. The number of rotatable bonds is 2. The van der Waals surface area contributed by atoms with Crippen molar-refractivity contribution in [2.45, 2.75) is 33.3 Å². The summed E-state index contributed by atoms with van der Waals surface area (Å²) in [6.45, 7) is 6.74. The summed E-state index contributed by atoms with van der Waals surface area (Å²) in [5, 5.41) is 10.1. The fourth-order valence-corrected chi connectivity index (χ4v) is 2.82. The van der Waals surface area contributed by atoms with Gasteiger partial charge in [0.05, 0.1) is 16.5 Å². The van der Waals surface area contributed by atoms with Gasteiger partial charge >= 0.3 is 0 Å². The molecule has 0 spiro atoms. The van der Waals surface area contributed by atoms with Crippen molar-refractivity contribution in [3.05, 3.63) is 16.6 Å². The highest BCUT2D eigenvalue weighted by molar-refractivity contribution is 7.09. The lowest BCUT2D eigenvalue weighted by atomic mass is 9.88. The van der Waals surface area contributed by atoms with E-state index in [1.807, 2.05) is 0 Å². The zero-order valence-electron chi connectivity index (χ0n) is 8.90. The molecule has 0 bridgehead atoms. The molecule has 1 heterocycles. The second-order valence-corrected chi connectivity index (χ2v) is 6.14. The maximum Gasteiger partial charge on any atom is 0.0929 e. The van der Waals surface area contributed by atoms with Crippen molar-refractivity contribution in [2.75, 3.05) is 0 Å². The molecule has 2 rings (SSSR count). The quantitative estimate of drug-likeness (QED) is 0.816. The van der Waals surface area contributed by atoms with Gasteiger partial charge in [-0.05, 0) is 23.7 Å². The number of hydrogen-bond acceptors (Lipinski definition) is 3. The summed E-state index contributed by atoms with van der Waals surface area (Å²) in [4.78, 5) is 5.01. The van der Waals surface area contributed by atoms with E-state index >= 15 is 0 Å². The predicted molar refractivity (Wildman–Crippen MR) is 58.1 cm³/mol. The standard InChI is InChI=1S/C11H17NOS/c1-11(2,3)8-4-7(8)10(13)9-5-12-6-14-9/h5-8,10,13H,4H2,1-3H3. The highest BCUT2D eigenvalue weighted by Crippen LogP contribution is 2.56. The smallest absolute Gasteiger partial charge is 0.0929 e. The van der Waals surface area contributed by atoms with Crippen molar-refractivity contribution in [3.63, 3.8) is 0 Å². The van der Waals surface area contributed by atoms with E-state index in [1.54, 1.807) is 23.0 Å². The Hall–Kier alpha value is -0.410. The van der Waals surface area contributed by atoms with Crippen molar-refractivity contribution in [1.82, 2.24) is 4.98 Å². The molecule has 1 aromatic heterocycles. The van der Waals surface area contributed by atoms with Crippen LogP contribution in [0, 0.1) is 17.3 Å². The largest absolute Gasteiger partial charge is 0.387 e. The molecule has 1 N–H and O–H groups in total. The van der Waals surface area contributed by atoms with Crippen LogP contribution in [0.3, 0.4) is 0 Å². The Balaban J connectivity index is 2.00. The summed E-state index contributed by atoms with van der Waals surface area (Å²) < 4.78 is 0. The van der Waals surface area contributed by atoms with Crippen LogP contribution in [-0.2, 0) is 0 Å². The molecular weight excluding hydrogens is 194 g/mol. The Labute approximate surface area is 89.0 Å². The van der Waals surface area contributed by atoms with Gasteiger partial charge in [0, 0.05) is 6.20 Å². The van der Waals surface area contributed by atoms with Crippen LogP contribution in [0.15, 0.2) is 11.7 Å². The molecule has 2 nitrogen and oxygen atoms in total. The van der Waals surface area contributed by atoms with Crippen molar-refractivity contribution in [1.29, 1.82) is 0 Å². The number of nitrogens with zero attached hydrogens (tertiary/aromatic N) is 1. The minimum atomic E-state index is -0.285. The average Bonchev–Trinajstić information content (AvgIpc) is 2.72. The number of thiazole rings is 1. The molecule has 3 atom stereocenters. The van der Waals surface area contributed by atoms with Gasteiger partial charge in [-0.3, -0.25) is 4.98 Å². The van der Waals surface area contributed by atoms with Gasteiger partial charge in [-0.15, -0.1) is 11.3 Å². The fourth-order valence-electron chi connectivity index (χ4n) is 2.14. The van der Waals surface area contributed by atoms with Gasteiger partial charge in [0.1, 0.15) is 0 Å². The lowest BCUT2D eigenvalue weighted by Gasteiger charge is -2.19. The SMILES string of the molecule is CC(C)(C)C1CC1C(O)c1cncs1. The van der Waals surface area contributed by atoms with Gasteiger partial charge in [-0.2, -0.15) is 0 Å². The first-order chi connectivity index (χ1) is 6.50. The van der Waals surface area contributed by atoms with E-state index in [0.717, 1.165) is 11.3 Å². The molecule has 3 unspecified atom stereocenters. The Kier molecular flexibility index (Phi) is 2.40. The van der Waals surface area contributed by atoms with Crippen LogP contribution >= 0.6 is 11.3 Å². The van der Waals surface area contributed by atoms with Crippen LogP contribution in [0.1, 0.15) is 38.2 Å². The zero-order valence-corrected chi connectivity index (χ0v) is 9.71. The lowest BCUT2D eigenvalue weighted by molar-refractivity contribution is 0.136. The van der Waals surface area contributed by atoms with Gasteiger partial charge < -0.3 is 5.11 Å². The summed E-state index contributed by atoms with van der Waals surface area (Å²) in [7, 11) is 0. The molecule has 1 aliphatic rings. The van der Waals surface area contributed by atoms with Gasteiger partial charge in [0.2, 0.25) is 0 Å². The second-order valence-electron chi connectivity index (χ2n) is 5.22. The van der Waals surface area contributed by atoms with E-state index in [1.165, 1.54) is 0 Å². The van der Waals surface area contributed by atoms with Crippen molar-refractivity contribution in [2.24, 2.45) is 17.3 Å². The highest BCUT2D eigenvalue weighted by atomic mass is 32.1. The van der Waals surface area contributed by atoms with Crippen molar-refractivity contribution >= 4 is 11.3 Å². The van der Waals surface area contributed by atoms with Gasteiger partial charge in [0.25, 0.3) is 0 Å². The summed E-state index contributed by atoms with van der Waals surface area (Å²) in [6, 6.07) is 0. The third-order valence-electron chi connectivity index (χ3n) is 3.10. The normalized spacial score (nSPS) is 28.9. The van der Waals surface area contributed by atoms with E-state index in [9.17, 15) is 5.11 Å². The zero-order chi connectivity index (χ0) is 10.3. The number of aliphatic hydroxyl groups excluding tert-OH is 1. The molecule has 1 aromatic rings. The first-order valence-electron chi connectivity index (χ1n) is 5.06. The molecule has 0 amide bonds. The molecule has 1 aliphatic carbocycles. The topological polar surface area (TPSA) is 33.1 Å². The Morgan fingerprint density at radius 3 is 2.71 bits per heavy atom. The van der Waals surface area contributed by atoms with Crippen molar-refractivity contribution < 1.29 is 5.11 Å². The highest BCUT2D eigenvalue weighted by Gasteiger charge is 2.49. The van der Waals surface area contributed by atoms with Crippen LogP contribution in [0.4, 0.5) is 0 Å². The number of aromatic nitrogens is 1. The fraction of sp³-hybridized carbons (Fsp3) is 0.727. The summed E-state index contributed by atoms with van der Waals surface area (Å²) in [5.74, 6) is 1.12. The third kappa shape index (κ3) is 1.84. The van der Waals surface area contributed by atoms with E-state index in [-0.39, 0.29) is 6.10 Å². The average molecular weight is 211 g/mol. The Bertz CT molecular complexity index is 302. The Morgan fingerprint density at radius 1 is 1.57 bits per heavy atom. The van der Waals surface area contributed by atoms with Crippen LogP contribution in [-0.4, -0.2) is 10.1 Å². The number of aliphatic hydroxyl groups is 1. The molecule has 0 aliphatic heterocycles. The molecule has 78 valence electrons. The molecule has 1 saturated carbocycles. The molecule has 14 heavy (non-hydrogen) atoms. The molecule has 0 aromatic carbocycles. The molecule has 3 heteroatoms. The van der Waals surface area contributed by atoms with Gasteiger partial charge in [-0.1, -0.05) is 20.8 Å². The van der Waals surface area contributed by atoms with Crippen LogP contribution in [0.5, 0.6) is 0 Å². The monoisotopic (exact) mass is 211 g/mol. The molecule has 0 radical (unpaired) electrons. The van der Waals surface area contributed by atoms with E-state index in [4.69, 9.17) is 0 Å².